The van der Waals surface area contributed by atoms with Gasteiger partial charge in [0.05, 0.1) is 22.4 Å². The van der Waals surface area contributed by atoms with E-state index in [0.717, 1.165) is 33.6 Å². The highest BCUT2D eigenvalue weighted by atomic mass is 79.9. The Labute approximate surface area is 201 Å². The third kappa shape index (κ3) is 5.54. The quantitative estimate of drug-likeness (QED) is 0.304. The predicted octanol–water partition coefficient (Wildman–Crippen LogP) is 6.30. The number of halogens is 1. The van der Waals surface area contributed by atoms with E-state index in [0.29, 0.717) is 18.0 Å². The van der Waals surface area contributed by atoms with E-state index in [4.69, 9.17) is 9.15 Å². The number of amides is 1. The van der Waals surface area contributed by atoms with Gasteiger partial charge in [-0.3, -0.25) is 9.48 Å². The first-order valence-electron chi connectivity index (χ1n) is 10.8. The number of carbonyl (C=O) groups is 1. The van der Waals surface area contributed by atoms with Crippen LogP contribution in [0.5, 0.6) is 5.75 Å². The topological polar surface area (TPSA) is 69.3 Å². The van der Waals surface area contributed by atoms with E-state index in [1.807, 2.05) is 67.1 Å². The second-order valence-electron chi connectivity index (χ2n) is 7.85. The number of anilines is 1. The Bertz CT molecular complexity index is 1260. The summed E-state index contributed by atoms with van der Waals surface area (Å²) >= 11 is 3.56. The number of hydrogen-bond acceptors (Lipinski definition) is 4. The van der Waals surface area contributed by atoms with E-state index in [-0.39, 0.29) is 18.3 Å². The number of hydrogen-bond donors (Lipinski definition) is 1. The van der Waals surface area contributed by atoms with E-state index in [1.165, 1.54) is 5.56 Å². The fourth-order valence-electron chi connectivity index (χ4n) is 3.50. The van der Waals surface area contributed by atoms with Crippen LogP contribution in [0.1, 0.15) is 45.8 Å². The Balaban J connectivity index is 1.36. The number of aromatic nitrogens is 2. The second-order valence-corrected chi connectivity index (χ2v) is 8.64. The molecule has 0 aliphatic heterocycles. The van der Waals surface area contributed by atoms with Crippen molar-refractivity contribution in [2.45, 2.75) is 40.3 Å². The summed E-state index contributed by atoms with van der Waals surface area (Å²) in [6.45, 7) is 6.97. The summed E-state index contributed by atoms with van der Waals surface area (Å²) in [6.07, 6.45) is 0.986. The minimum absolute atomic E-state index is 0.239. The molecule has 4 rings (SSSR count). The third-order valence-electron chi connectivity index (χ3n) is 5.41. The van der Waals surface area contributed by atoms with Crippen molar-refractivity contribution < 1.29 is 13.9 Å². The molecule has 2 aromatic carbocycles. The molecule has 0 aliphatic rings. The molecule has 7 heteroatoms. The van der Waals surface area contributed by atoms with Gasteiger partial charge in [0, 0.05) is 5.69 Å². The lowest BCUT2D eigenvalue weighted by molar-refractivity contribution is 0.0992. The SMILES string of the molecule is CCc1ccc(OCc2ccc(C(=O)Nc3cccc(Cn4nc(C)c(Br)c4C)c3)o2)cc1. The summed E-state index contributed by atoms with van der Waals surface area (Å²) in [5.74, 6) is 1.28. The molecule has 4 aromatic rings. The molecule has 0 atom stereocenters. The third-order valence-corrected chi connectivity index (χ3v) is 6.56. The van der Waals surface area contributed by atoms with Crippen molar-refractivity contribution in [1.29, 1.82) is 0 Å². The Hall–Kier alpha value is -3.32. The summed E-state index contributed by atoms with van der Waals surface area (Å²) in [6, 6.07) is 19.1. The molecule has 170 valence electrons. The zero-order chi connectivity index (χ0) is 23.4. The van der Waals surface area contributed by atoms with Crippen molar-refractivity contribution in [3.05, 3.63) is 99.2 Å². The van der Waals surface area contributed by atoms with Gasteiger partial charge in [0.15, 0.2) is 5.76 Å². The van der Waals surface area contributed by atoms with Crippen LogP contribution >= 0.6 is 15.9 Å². The number of carbonyl (C=O) groups excluding carboxylic acids is 1. The Kier molecular flexibility index (Phi) is 6.99. The van der Waals surface area contributed by atoms with Crippen LogP contribution in [0.4, 0.5) is 5.69 Å². The minimum atomic E-state index is -0.306. The molecule has 0 aliphatic carbocycles. The van der Waals surface area contributed by atoms with Crippen LogP contribution < -0.4 is 10.1 Å². The molecule has 0 unspecified atom stereocenters. The monoisotopic (exact) mass is 507 g/mol. The highest BCUT2D eigenvalue weighted by molar-refractivity contribution is 9.10. The van der Waals surface area contributed by atoms with Crippen molar-refractivity contribution in [3.8, 4) is 5.75 Å². The van der Waals surface area contributed by atoms with E-state index in [2.05, 4.69) is 33.3 Å². The van der Waals surface area contributed by atoms with Crippen LogP contribution in [0.2, 0.25) is 0 Å². The van der Waals surface area contributed by atoms with Crippen molar-refractivity contribution in [3.63, 3.8) is 0 Å². The number of nitrogens with one attached hydrogen (secondary N) is 1. The molecule has 0 radical (unpaired) electrons. The lowest BCUT2D eigenvalue weighted by Crippen LogP contribution is -2.11. The van der Waals surface area contributed by atoms with Gasteiger partial charge in [0.2, 0.25) is 0 Å². The van der Waals surface area contributed by atoms with Gasteiger partial charge in [-0.15, -0.1) is 0 Å². The van der Waals surface area contributed by atoms with Gasteiger partial charge in [0.1, 0.15) is 18.1 Å². The van der Waals surface area contributed by atoms with Crippen LogP contribution in [0.3, 0.4) is 0 Å². The van der Waals surface area contributed by atoms with Crippen LogP contribution in [-0.2, 0) is 19.6 Å². The molecule has 1 N–H and O–H groups in total. The zero-order valence-corrected chi connectivity index (χ0v) is 20.5. The fraction of sp³-hybridized carbons (Fsp3) is 0.231. The van der Waals surface area contributed by atoms with Crippen molar-refractivity contribution >= 4 is 27.5 Å². The maximum Gasteiger partial charge on any atom is 0.291 e. The molecule has 0 fully saturated rings. The smallest absolute Gasteiger partial charge is 0.291 e. The number of furan rings is 1. The molecule has 0 saturated carbocycles. The zero-order valence-electron chi connectivity index (χ0n) is 18.9. The first-order chi connectivity index (χ1) is 15.9. The Morgan fingerprint density at radius 3 is 2.58 bits per heavy atom. The van der Waals surface area contributed by atoms with E-state index >= 15 is 0 Å². The largest absolute Gasteiger partial charge is 0.486 e. The second kappa shape index (κ2) is 10.1. The lowest BCUT2D eigenvalue weighted by Gasteiger charge is -2.08. The average Bonchev–Trinajstić information content (AvgIpc) is 3.39. The molecule has 0 bridgehead atoms. The van der Waals surface area contributed by atoms with Gasteiger partial charge >= 0.3 is 0 Å². The number of benzene rings is 2. The molecular formula is C26H26BrN3O3. The molecule has 0 saturated heterocycles. The van der Waals surface area contributed by atoms with Crippen molar-refractivity contribution in [2.75, 3.05) is 5.32 Å². The molecule has 0 spiro atoms. The average molecular weight is 508 g/mol. The lowest BCUT2D eigenvalue weighted by atomic mass is 10.2. The summed E-state index contributed by atoms with van der Waals surface area (Å²) < 4.78 is 14.4. The Morgan fingerprint density at radius 1 is 1.09 bits per heavy atom. The normalized spacial score (nSPS) is 10.9. The summed E-state index contributed by atoms with van der Waals surface area (Å²) in [5.41, 5.74) is 5.00. The van der Waals surface area contributed by atoms with Crippen LogP contribution in [-0.4, -0.2) is 15.7 Å². The summed E-state index contributed by atoms with van der Waals surface area (Å²) in [4.78, 5) is 12.7. The molecule has 2 heterocycles. The summed E-state index contributed by atoms with van der Waals surface area (Å²) in [7, 11) is 0. The van der Waals surface area contributed by atoms with Crippen LogP contribution in [0.15, 0.2) is 69.6 Å². The predicted molar refractivity (Wildman–Crippen MR) is 132 cm³/mol. The fourth-order valence-corrected chi connectivity index (χ4v) is 3.78. The number of nitrogens with zero attached hydrogens (tertiary/aromatic N) is 2. The van der Waals surface area contributed by atoms with E-state index in [9.17, 15) is 4.79 Å². The van der Waals surface area contributed by atoms with Gasteiger partial charge in [-0.2, -0.15) is 5.10 Å². The first kappa shape index (κ1) is 22.9. The highest BCUT2D eigenvalue weighted by Crippen LogP contribution is 2.22. The van der Waals surface area contributed by atoms with E-state index < -0.39 is 0 Å². The maximum absolute atomic E-state index is 12.7. The van der Waals surface area contributed by atoms with Crippen LogP contribution in [0.25, 0.3) is 0 Å². The van der Waals surface area contributed by atoms with Gasteiger partial charge < -0.3 is 14.5 Å². The van der Waals surface area contributed by atoms with Gasteiger partial charge in [-0.1, -0.05) is 31.2 Å². The van der Waals surface area contributed by atoms with Crippen molar-refractivity contribution in [1.82, 2.24) is 9.78 Å². The minimum Gasteiger partial charge on any atom is -0.486 e. The molecular weight excluding hydrogens is 482 g/mol. The van der Waals surface area contributed by atoms with Gasteiger partial charge in [0.25, 0.3) is 5.91 Å². The van der Waals surface area contributed by atoms with E-state index in [1.54, 1.807) is 12.1 Å². The summed E-state index contributed by atoms with van der Waals surface area (Å²) in [5, 5.41) is 7.45. The number of rotatable bonds is 8. The Morgan fingerprint density at radius 2 is 1.88 bits per heavy atom. The molecule has 6 nitrogen and oxygen atoms in total. The maximum atomic E-state index is 12.7. The van der Waals surface area contributed by atoms with Gasteiger partial charge in [-0.05, 0) is 83.7 Å². The number of ether oxygens (including phenoxy) is 1. The standard InChI is InChI=1S/C26H26BrN3O3/c1-4-19-8-10-22(11-9-19)32-16-23-12-13-24(33-23)26(31)28-21-7-5-6-20(14-21)15-30-18(3)25(27)17(2)29-30/h5-14H,4,15-16H2,1-3H3,(H,28,31). The van der Waals surface area contributed by atoms with Crippen molar-refractivity contribution in [2.24, 2.45) is 0 Å². The highest BCUT2D eigenvalue weighted by Gasteiger charge is 2.13. The van der Waals surface area contributed by atoms with Gasteiger partial charge in [-0.25, -0.2) is 0 Å². The molecule has 2 aromatic heterocycles. The van der Waals surface area contributed by atoms with Crippen LogP contribution in [0, 0.1) is 13.8 Å². The first-order valence-corrected chi connectivity index (χ1v) is 11.6. The molecule has 33 heavy (non-hydrogen) atoms. The molecule has 1 amide bonds. The number of aryl methyl sites for hydroxylation is 2.